The lowest BCUT2D eigenvalue weighted by Gasteiger charge is -2.24. The molecule has 0 bridgehead atoms. The molecular weight excluding hydrogens is 511 g/mol. The van der Waals surface area contributed by atoms with Crippen molar-refractivity contribution in [2.24, 2.45) is 0 Å². The lowest BCUT2D eigenvalue weighted by molar-refractivity contribution is -0.122. The average molecular weight is 543 g/mol. The number of thioether (sulfide) groups is 1. The normalized spacial score (nSPS) is 15.1. The highest BCUT2D eigenvalue weighted by molar-refractivity contribution is 8.00. The number of halogens is 1. The van der Waals surface area contributed by atoms with Crippen molar-refractivity contribution in [3.8, 4) is 16.9 Å². The Morgan fingerprint density at radius 1 is 1.08 bits per heavy atom. The average Bonchev–Trinajstić information content (AvgIpc) is 3.25. The third-order valence-corrected chi connectivity index (χ3v) is 8.22. The van der Waals surface area contributed by atoms with Crippen molar-refractivity contribution >= 4 is 29.4 Å². The van der Waals surface area contributed by atoms with E-state index in [1.54, 1.807) is 15.6 Å². The van der Waals surface area contributed by atoms with Crippen LogP contribution in [-0.2, 0) is 9.59 Å². The minimum Gasteiger partial charge on any atom is -0.355 e. The van der Waals surface area contributed by atoms with Crippen LogP contribution in [0, 0.1) is 19.7 Å². The Morgan fingerprint density at radius 3 is 2.59 bits per heavy atom. The minimum absolute atomic E-state index is 0.132. The summed E-state index contributed by atoms with van der Waals surface area (Å²) in [5.41, 5.74) is 6.03. The molecule has 1 aliphatic heterocycles. The van der Waals surface area contributed by atoms with Crippen molar-refractivity contribution in [3.63, 3.8) is 0 Å². The second kappa shape index (κ2) is 11.5. The number of aromatic nitrogens is 2. The number of fused-ring (bicyclic) bond motifs is 1. The van der Waals surface area contributed by atoms with E-state index in [1.807, 2.05) is 75.4 Å². The summed E-state index contributed by atoms with van der Waals surface area (Å²) in [4.78, 5) is 28.3. The van der Waals surface area contributed by atoms with Crippen LogP contribution in [0.4, 0.5) is 10.2 Å². The van der Waals surface area contributed by atoms with E-state index in [4.69, 9.17) is 5.10 Å². The number of benzene rings is 3. The number of amides is 2. The number of carbonyl (C=O) groups excluding carboxylic acids is 2. The Balaban J connectivity index is 1.82. The number of rotatable bonds is 7. The molecule has 39 heavy (non-hydrogen) atoms. The molecule has 0 saturated heterocycles. The van der Waals surface area contributed by atoms with Gasteiger partial charge in [0.15, 0.2) is 0 Å². The largest absolute Gasteiger partial charge is 0.355 e. The van der Waals surface area contributed by atoms with Crippen molar-refractivity contribution in [1.82, 2.24) is 15.1 Å². The lowest BCUT2D eigenvalue weighted by Crippen LogP contribution is -2.42. The van der Waals surface area contributed by atoms with E-state index in [0.29, 0.717) is 18.1 Å². The van der Waals surface area contributed by atoms with Crippen LogP contribution < -0.4 is 10.2 Å². The number of hydrogen-bond acceptors (Lipinski definition) is 4. The zero-order valence-corrected chi connectivity index (χ0v) is 23.1. The van der Waals surface area contributed by atoms with Crippen molar-refractivity contribution in [2.45, 2.75) is 32.4 Å². The fourth-order valence-corrected chi connectivity index (χ4v) is 6.05. The first-order valence-corrected chi connectivity index (χ1v) is 14.1. The molecule has 200 valence electrons. The number of carbonyl (C=O) groups is 2. The first-order valence-electron chi connectivity index (χ1n) is 13.1. The third kappa shape index (κ3) is 5.34. The molecule has 1 aromatic heterocycles. The minimum atomic E-state index is -0.377. The maximum atomic E-state index is 14.5. The molecule has 2 amide bonds. The van der Waals surface area contributed by atoms with E-state index in [9.17, 15) is 14.0 Å². The molecule has 8 heteroatoms. The van der Waals surface area contributed by atoms with E-state index in [1.165, 1.54) is 23.9 Å². The van der Waals surface area contributed by atoms with E-state index in [-0.39, 0.29) is 35.2 Å². The molecule has 1 atom stereocenters. The molecule has 0 fully saturated rings. The lowest BCUT2D eigenvalue weighted by atomic mass is 9.99. The first kappa shape index (κ1) is 26.7. The zero-order chi connectivity index (χ0) is 27.5. The van der Waals surface area contributed by atoms with Gasteiger partial charge in [-0.15, -0.1) is 11.8 Å². The van der Waals surface area contributed by atoms with Crippen LogP contribution in [-0.4, -0.2) is 40.4 Å². The van der Waals surface area contributed by atoms with Crippen LogP contribution in [0.3, 0.4) is 0 Å². The zero-order valence-electron chi connectivity index (χ0n) is 22.3. The second-order valence-electron chi connectivity index (χ2n) is 9.66. The summed E-state index contributed by atoms with van der Waals surface area (Å²) < 4.78 is 16.3. The van der Waals surface area contributed by atoms with Gasteiger partial charge in [0.2, 0.25) is 11.8 Å². The Morgan fingerprint density at radius 2 is 1.85 bits per heavy atom. The van der Waals surface area contributed by atoms with Gasteiger partial charge in [0.25, 0.3) is 0 Å². The van der Waals surface area contributed by atoms with Gasteiger partial charge in [-0.25, -0.2) is 9.07 Å². The molecule has 3 aromatic carbocycles. The third-order valence-electron chi connectivity index (χ3n) is 6.97. The topological polar surface area (TPSA) is 67.2 Å². The van der Waals surface area contributed by atoms with Gasteiger partial charge in [-0.2, -0.15) is 5.10 Å². The number of nitrogens with one attached hydrogen (secondary N) is 1. The van der Waals surface area contributed by atoms with Crippen LogP contribution in [0.5, 0.6) is 0 Å². The molecule has 2 heterocycles. The fraction of sp³-hybridized carbons (Fsp3) is 0.258. The molecule has 4 aromatic rings. The molecule has 0 radical (unpaired) electrons. The molecule has 1 N–H and O–H groups in total. The molecule has 1 unspecified atom stereocenters. The number of hydrogen-bond donors (Lipinski definition) is 1. The summed E-state index contributed by atoms with van der Waals surface area (Å²) in [7, 11) is 0. The summed E-state index contributed by atoms with van der Waals surface area (Å²) >= 11 is 1.43. The molecule has 0 saturated carbocycles. The monoisotopic (exact) mass is 542 g/mol. The molecule has 0 aliphatic carbocycles. The molecule has 1 aliphatic rings. The van der Waals surface area contributed by atoms with Crippen LogP contribution in [0.2, 0.25) is 0 Å². The SMILES string of the molecule is CCCNC(=O)CN1C(=O)CSC(c2cccc(F)c2)c2c(-c3ccccc3)nn(-c3cccc(C)c3C)c21. The second-order valence-corrected chi connectivity index (χ2v) is 10.8. The standard InChI is InChI=1S/C31H31FN4O2S/c1-4-16-33-26(37)18-35-27(38)19-39-30(23-13-9-14-24(32)17-23)28-29(22-11-6-5-7-12-22)34-36(31(28)35)25-15-8-10-20(2)21(25)3/h5-15,17,30H,4,16,18-19H2,1-3H3,(H,33,37). The highest BCUT2D eigenvalue weighted by Crippen LogP contribution is 2.48. The number of nitrogens with zero attached hydrogens (tertiary/aromatic N) is 3. The summed E-state index contributed by atoms with van der Waals surface area (Å²) in [5.74, 6) is -0.0985. The summed E-state index contributed by atoms with van der Waals surface area (Å²) in [5, 5.41) is 7.64. The van der Waals surface area contributed by atoms with Gasteiger partial charge in [0.05, 0.1) is 22.4 Å². The van der Waals surface area contributed by atoms with Crippen LogP contribution in [0.1, 0.15) is 40.8 Å². The Labute approximate surface area is 232 Å². The van der Waals surface area contributed by atoms with Crippen LogP contribution >= 0.6 is 11.8 Å². The highest BCUT2D eigenvalue weighted by Gasteiger charge is 2.38. The summed E-state index contributed by atoms with van der Waals surface area (Å²) in [6.45, 7) is 6.44. The highest BCUT2D eigenvalue weighted by atomic mass is 32.2. The van der Waals surface area contributed by atoms with Crippen molar-refractivity contribution < 1.29 is 14.0 Å². The Bertz CT molecular complexity index is 1520. The van der Waals surface area contributed by atoms with Gasteiger partial charge in [0, 0.05) is 17.7 Å². The summed E-state index contributed by atoms with van der Waals surface area (Å²) in [6.07, 6.45) is 0.793. The van der Waals surface area contributed by atoms with E-state index in [0.717, 1.165) is 39.9 Å². The Kier molecular flexibility index (Phi) is 7.84. The van der Waals surface area contributed by atoms with E-state index in [2.05, 4.69) is 5.32 Å². The van der Waals surface area contributed by atoms with Gasteiger partial charge in [-0.05, 0) is 55.2 Å². The smallest absolute Gasteiger partial charge is 0.240 e. The maximum absolute atomic E-state index is 14.5. The van der Waals surface area contributed by atoms with Gasteiger partial charge in [0.1, 0.15) is 18.2 Å². The van der Waals surface area contributed by atoms with Crippen molar-refractivity contribution in [2.75, 3.05) is 23.7 Å². The predicted octanol–water partition coefficient (Wildman–Crippen LogP) is 5.99. The van der Waals surface area contributed by atoms with Gasteiger partial charge < -0.3 is 5.32 Å². The Hall–Kier alpha value is -3.91. The summed E-state index contributed by atoms with van der Waals surface area (Å²) in [6, 6.07) is 22.3. The van der Waals surface area contributed by atoms with Gasteiger partial charge >= 0.3 is 0 Å². The van der Waals surface area contributed by atoms with Crippen molar-refractivity contribution in [3.05, 3.63) is 101 Å². The molecular formula is C31H31FN4O2S. The maximum Gasteiger partial charge on any atom is 0.240 e. The van der Waals surface area contributed by atoms with Crippen LogP contribution in [0.25, 0.3) is 16.9 Å². The fourth-order valence-electron chi connectivity index (χ4n) is 4.86. The quantitative estimate of drug-likeness (QED) is 0.312. The number of anilines is 1. The number of aryl methyl sites for hydroxylation is 1. The first-order chi connectivity index (χ1) is 18.9. The molecule has 0 spiro atoms. The molecule has 6 nitrogen and oxygen atoms in total. The molecule has 5 rings (SSSR count). The van der Waals surface area contributed by atoms with E-state index >= 15 is 0 Å². The predicted molar refractivity (Wildman–Crippen MR) is 155 cm³/mol. The van der Waals surface area contributed by atoms with Gasteiger partial charge in [-0.1, -0.05) is 61.5 Å². The van der Waals surface area contributed by atoms with Crippen molar-refractivity contribution in [1.29, 1.82) is 0 Å². The van der Waals surface area contributed by atoms with Crippen LogP contribution in [0.15, 0.2) is 72.8 Å². The van der Waals surface area contributed by atoms with Gasteiger partial charge in [-0.3, -0.25) is 14.5 Å². The van der Waals surface area contributed by atoms with E-state index < -0.39 is 0 Å².